The topological polar surface area (TPSA) is 43.1 Å². The van der Waals surface area contributed by atoms with E-state index in [1.165, 1.54) is 12.5 Å². The molecule has 4 heteroatoms. The molecule has 0 aromatic heterocycles. The first-order chi connectivity index (χ1) is 6.09. The van der Waals surface area contributed by atoms with Crippen LogP contribution in [0.25, 0.3) is 0 Å². The van der Waals surface area contributed by atoms with Gasteiger partial charge in [-0.1, -0.05) is 6.07 Å². The van der Waals surface area contributed by atoms with Gasteiger partial charge in [-0.15, -0.1) is 0 Å². The van der Waals surface area contributed by atoms with E-state index in [1.807, 2.05) is 0 Å². The van der Waals surface area contributed by atoms with Gasteiger partial charge in [-0.05, 0) is 17.7 Å². The molecule has 0 unspecified atom stereocenters. The van der Waals surface area contributed by atoms with Crippen molar-refractivity contribution < 1.29 is 13.6 Å². The summed E-state index contributed by atoms with van der Waals surface area (Å²) in [6, 6.07) is 3.39. The second-order valence-corrected chi connectivity index (χ2v) is 2.55. The van der Waals surface area contributed by atoms with Crippen molar-refractivity contribution in [2.75, 3.05) is 0 Å². The zero-order valence-electron chi connectivity index (χ0n) is 6.76. The molecule has 0 saturated heterocycles. The van der Waals surface area contributed by atoms with Gasteiger partial charge >= 0.3 is 0 Å². The van der Waals surface area contributed by atoms with Crippen molar-refractivity contribution in [1.29, 1.82) is 0 Å². The van der Waals surface area contributed by atoms with Crippen molar-refractivity contribution >= 4 is 5.91 Å². The monoisotopic (exact) mass is 184 g/mol. The SMILES string of the molecule is NC(=O)C[CH]c1ccc(F)c(F)c1. The number of halogens is 2. The van der Waals surface area contributed by atoms with Gasteiger partial charge in [0.1, 0.15) is 0 Å². The Bertz CT molecular complexity index is 325. The number of carbonyl (C=O) groups excluding carboxylic acids is 1. The first-order valence-electron chi connectivity index (χ1n) is 3.66. The fraction of sp³-hybridized carbons (Fsp3) is 0.111. The van der Waals surface area contributed by atoms with Gasteiger partial charge in [0.25, 0.3) is 0 Å². The molecule has 2 nitrogen and oxygen atoms in total. The summed E-state index contributed by atoms with van der Waals surface area (Å²) >= 11 is 0. The molecule has 0 fully saturated rings. The van der Waals surface area contributed by atoms with Crippen LogP contribution in [0.3, 0.4) is 0 Å². The molecule has 0 aliphatic carbocycles. The molecule has 13 heavy (non-hydrogen) atoms. The standard InChI is InChI=1S/C9H8F2NO/c10-7-3-1-6(5-8(7)11)2-4-9(12)13/h1-3,5H,4H2,(H2,12,13). The zero-order valence-corrected chi connectivity index (χ0v) is 6.76. The number of carbonyl (C=O) groups is 1. The van der Waals surface area contributed by atoms with Gasteiger partial charge in [-0.25, -0.2) is 8.78 Å². The fourth-order valence-electron chi connectivity index (χ4n) is 0.858. The van der Waals surface area contributed by atoms with Crippen molar-refractivity contribution in [3.8, 4) is 0 Å². The molecule has 0 aliphatic rings. The predicted molar refractivity (Wildman–Crippen MR) is 43.6 cm³/mol. The van der Waals surface area contributed by atoms with Crippen LogP contribution in [0.1, 0.15) is 12.0 Å². The third kappa shape index (κ3) is 2.82. The summed E-state index contributed by atoms with van der Waals surface area (Å²) in [5, 5.41) is 0. The molecule has 0 bridgehead atoms. The Morgan fingerprint density at radius 2 is 2.08 bits per heavy atom. The summed E-state index contributed by atoms with van der Waals surface area (Å²) in [5.41, 5.74) is 5.31. The molecule has 0 atom stereocenters. The van der Waals surface area contributed by atoms with Gasteiger partial charge < -0.3 is 5.73 Å². The lowest BCUT2D eigenvalue weighted by Gasteiger charge is -1.98. The van der Waals surface area contributed by atoms with Crippen molar-refractivity contribution in [3.05, 3.63) is 41.8 Å². The number of benzene rings is 1. The van der Waals surface area contributed by atoms with Gasteiger partial charge in [0, 0.05) is 12.8 Å². The smallest absolute Gasteiger partial charge is 0.218 e. The summed E-state index contributed by atoms with van der Waals surface area (Å²) < 4.78 is 25.0. The molecule has 0 spiro atoms. The maximum absolute atomic E-state index is 12.6. The number of rotatable bonds is 3. The minimum atomic E-state index is -0.932. The van der Waals surface area contributed by atoms with E-state index in [0.717, 1.165) is 12.1 Å². The molecule has 1 amide bonds. The Morgan fingerprint density at radius 3 is 2.62 bits per heavy atom. The molecule has 1 aromatic carbocycles. The summed E-state index contributed by atoms with van der Waals surface area (Å²) in [4.78, 5) is 10.3. The molecule has 69 valence electrons. The average molecular weight is 184 g/mol. The number of amides is 1. The first-order valence-corrected chi connectivity index (χ1v) is 3.66. The second-order valence-electron chi connectivity index (χ2n) is 2.55. The van der Waals surface area contributed by atoms with Crippen LogP contribution < -0.4 is 5.73 Å². The highest BCUT2D eigenvalue weighted by atomic mass is 19.2. The van der Waals surface area contributed by atoms with Gasteiger partial charge in [-0.3, -0.25) is 4.79 Å². The van der Waals surface area contributed by atoms with Crippen LogP contribution in [0.4, 0.5) is 8.78 Å². The maximum Gasteiger partial charge on any atom is 0.218 e. The van der Waals surface area contributed by atoms with Crippen LogP contribution >= 0.6 is 0 Å². The van der Waals surface area contributed by atoms with Crippen molar-refractivity contribution in [1.82, 2.24) is 0 Å². The lowest BCUT2D eigenvalue weighted by Crippen LogP contribution is -2.10. The van der Waals surface area contributed by atoms with Gasteiger partial charge in [0.15, 0.2) is 11.6 Å². The van der Waals surface area contributed by atoms with E-state index < -0.39 is 17.5 Å². The van der Waals surface area contributed by atoms with E-state index in [4.69, 9.17) is 5.73 Å². The molecule has 1 rings (SSSR count). The largest absolute Gasteiger partial charge is 0.370 e. The zero-order chi connectivity index (χ0) is 9.84. The second kappa shape index (κ2) is 3.98. The maximum atomic E-state index is 12.6. The van der Waals surface area contributed by atoms with Crippen molar-refractivity contribution in [3.63, 3.8) is 0 Å². The molecule has 0 saturated carbocycles. The highest BCUT2D eigenvalue weighted by Crippen LogP contribution is 2.11. The minimum Gasteiger partial charge on any atom is -0.370 e. The van der Waals surface area contributed by atoms with Crippen LogP contribution in [0.5, 0.6) is 0 Å². The van der Waals surface area contributed by atoms with Gasteiger partial charge in [-0.2, -0.15) is 0 Å². The summed E-state index contributed by atoms with van der Waals surface area (Å²) in [7, 11) is 0. The van der Waals surface area contributed by atoms with E-state index in [0.29, 0.717) is 5.56 Å². The molecule has 1 radical (unpaired) electrons. The number of primary amides is 1. The lowest BCUT2D eigenvalue weighted by atomic mass is 10.1. The van der Waals surface area contributed by atoms with Gasteiger partial charge in [0.05, 0.1) is 0 Å². The quantitative estimate of drug-likeness (QED) is 0.757. The molecular weight excluding hydrogens is 176 g/mol. The predicted octanol–water partition coefficient (Wildman–Crippen LogP) is 1.39. The molecule has 1 aromatic rings. The Labute approximate surface area is 74.4 Å². The average Bonchev–Trinajstić information content (AvgIpc) is 2.07. The lowest BCUT2D eigenvalue weighted by molar-refractivity contribution is -0.117. The van der Waals surface area contributed by atoms with Crippen LogP contribution in [0.2, 0.25) is 0 Å². The normalized spacial score (nSPS) is 10.0. The third-order valence-electron chi connectivity index (χ3n) is 1.48. The highest BCUT2D eigenvalue weighted by molar-refractivity contribution is 5.75. The molecular formula is C9H8F2NO. The minimum absolute atomic E-state index is 0.0189. The third-order valence-corrected chi connectivity index (χ3v) is 1.48. The Balaban J connectivity index is 2.68. The van der Waals surface area contributed by atoms with Crippen LogP contribution in [-0.4, -0.2) is 5.91 Å². The molecule has 0 heterocycles. The van der Waals surface area contributed by atoms with Gasteiger partial charge in [0.2, 0.25) is 5.91 Å². The Morgan fingerprint density at radius 1 is 1.38 bits per heavy atom. The fourth-order valence-corrected chi connectivity index (χ4v) is 0.858. The van der Waals surface area contributed by atoms with Crippen molar-refractivity contribution in [2.45, 2.75) is 6.42 Å². The Hall–Kier alpha value is -1.45. The molecule has 2 N–H and O–H groups in total. The van der Waals surface area contributed by atoms with Crippen LogP contribution in [0.15, 0.2) is 18.2 Å². The van der Waals surface area contributed by atoms with E-state index in [-0.39, 0.29) is 6.42 Å². The number of hydrogen-bond acceptors (Lipinski definition) is 1. The van der Waals surface area contributed by atoms with E-state index in [2.05, 4.69) is 0 Å². The number of hydrogen-bond donors (Lipinski definition) is 1. The van der Waals surface area contributed by atoms with E-state index in [1.54, 1.807) is 0 Å². The summed E-state index contributed by atoms with van der Waals surface area (Å²) in [5.74, 6) is -2.35. The van der Waals surface area contributed by atoms with Crippen LogP contribution in [-0.2, 0) is 4.79 Å². The number of nitrogens with two attached hydrogens (primary N) is 1. The molecule has 0 aliphatic heterocycles. The van der Waals surface area contributed by atoms with E-state index >= 15 is 0 Å². The summed E-state index contributed by atoms with van der Waals surface area (Å²) in [6.07, 6.45) is 1.45. The highest BCUT2D eigenvalue weighted by Gasteiger charge is 2.03. The van der Waals surface area contributed by atoms with Crippen LogP contribution in [0, 0.1) is 18.1 Å². The van der Waals surface area contributed by atoms with Crippen molar-refractivity contribution in [2.24, 2.45) is 5.73 Å². The van der Waals surface area contributed by atoms with E-state index in [9.17, 15) is 13.6 Å². The first kappa shape index (κ1) is 9.64. The Kier molecular flexibility index (Phi) is 2.95. The summed E-state index contributed by atoms with van der Waals surface area (Å²) in [6.45, 7) is 0.